The fourth-order valence-electron chi connectivity index (χ4n) is 7.77. The first-order valence-electron chi connectivity index (χ1n) is 20.8. The normalized spacial score (nSPS) is 20.3. The van der Waals surface area contributed by atoms with Gasteiger partial charge in [-0.1, -0.05) is 6.07 Å². The average Bonchev–Trinajstić information content (AvgIpc) is 3.94. The molecule has 5 N–H and O–H groups in total. The van der Waals surface area contributed by atoms with Crippen molar-refractivity contribution in [2.75, 3.05) is 69.9 Å². The monoisotopic (exact) mass is 832 g/mol. The molecule has 3 aromatic rings. The zero-order chi connectivity index (χ0) is 42.0. The van der Waals surface area contributed by atoms with Crippen LogP contribution in [0, 0.1) is 11.7 Å². The van der Waals surface area contributed by atoms with Gasteiger partial charge in [0.1, 0.15) is 11.7 Å². The first-order valence-corrected chi connectivity index (χ1v) is 20.8. The summed E-state index contributed by atoms with van der Waals surface area (Å²) in [7, 11) is 1.88. The number of carbonyl (C=O) groups is 5. The molecule has 2 aliphatic carbocycles. The van der Waals surface area contributed by atoms with Crippen molar-refractivity contribution in [3.05, 3.63) is 53.2 Å². The number of carbonyl (C=O) groups excluding carboxylic acids is 5. The number of benzene rings is 1. The van der Waals surface area contributed by atoms with Gasteiger partial charge in [-0.25, -0.2) is 14.4 Å². The van der Waals surface area contributed by atoms with E-state index in [0.29, 0.717) is 70.3 Å². The average molecular weight is 833 g/mol. The minimum atomic E-state index is -1.02. The summed E-state index contributed by atoms with van der Waals surface area (Å²) in [6, 6.07) is 4.24. The number of piperidine rings is 1. The number of fused-ring (bicyclic) bond motifs is 1. The number of rotatable bonds is 22. The van der Waals surface area contributed by atoms with E-state index in [1.807, 2.05) is 11.7 Å². The first-order chi connectivity index (χ1) is 29.2. The standard InChI is InChI=1S/C41H53FN10O8/c1-51-33(21-25-5-6-25)29(22-47-51)37-30(42)23-46-41(50-37)48-27-9-7-26(8-10-27)45-24-35(54)44-14-16-59-18-20-60-19-17-58-15-13-43-31-4-2-3-28-36(31)40(57)52(39(28)56)32-11-12-34(53)49-38(32)55/h2-4,22-23,25-27,32,43,45H,5-21,24H2,1H3,(H,44,54)(H,46,48,50)(H,49,53,55)/t26-,27-,32?. The molecular weight excluding hydrogens is 780 g/mol. The van der Waals surface area contributed by atoms with Crippen LogP contribution in [0.2, 0.25) is 0 Å². The van der Waals surface area contributed by atoms with Gasteiger partial charge in [-0.2, -0.15) is 5.10 Å². The number of amides is 5. The molecule has 4 heterocycles. The third-order valence-electron chi connectivity index (χ3n) is 11.2. The van der Waals surface area contributed by atoms with Crippen molar-refractivity contribution < 1.29 is 42.6 Å². The number of aromatic nitrogens is 4. The van der Waals surface area contributed by atoms with Gasteiger partial charge < -0.3 is 35.5 Å². The molecular formula is C41H53FN10O8. The van der Waals surface area contributed by atoms with E-state index >= 15 is 0 Å². The summed E-state index contributed by atoms with van der Waals surface area (Å²) < 4.78 is 33.4. The highest BCUT2D eigenvalue weighted by Crippen LogP contribution is 2.36. The number of nitrogens with zero attached hydrogens (tertiary/aromatic N) is 5. The largest absolute Gasteiger partial charge is 0.382 e. The number of halogens is 1. The van der Waals surface area contributed by atoms with Gasteiger partial charge in [0, 0.05) is 55.6 Å². The van der Waals surface area contributed by atoms with E-state index in [4.69, 9.17) is 14.2 Å². The number of hydrogen-bond donors (Lipinski definition) is 5. The Morgan fingerprint density at radius 2 is 1.58 bits per heavy atom. The fraction of sp³-hybridized carbons (Fsp3) is 0.561. The second kappa shape index (κ2) is 20.3. The predicted octanol–water partition coefficient (Wildman–Crippen LogP) is 1.96. The molecule has 1 aromatic carbocycles. The number of nitrogens with one attached hydrogen (secondary N) is 5. The van der Waals surface area contributed by atoms with Crippen LogP contribution in [0.15, 0.2) is 30.6 Å². The maximum Gasteiger partial charge on any atom is 0.264 e. The van der Waals surface area contributed by atoms with E-state index in [2.05, 4.69) is 41.7 Å². The molecule has 0 bridgehead atoms. The second-order valence-corrected chi connectivity index (χ2v) is 15.5. The quantitative estimate of drug-likeness (QED) is 0.0723. The Kier molecular flexibility index (Phi) is 14.4. The molecule has 0 radical (unpaired) electrons. The molecule has 1 saturated heterocycles. The number of ether oxygens (including phenoxy) is 3. The van der Waals surface area contributed by atoms with Crippen LogP contribution in [-0.4, -0.2) is 132 Å². The van der Waals surface area contributed by atoms with Gasteiger partial charge in [0.2, 0.25) is 23.7 Å². The van der Waals surface area contributed by atoms with E-state index in [1.54, 1.807) is 24.4 Å². The molecule has 2 saturated carbocycles. The van der Waals surface area contributed by atoms with Crippen LogP contribution in [-0.2, 0) is 42.1 Å². The van der Waals surface area contributed by atoms with Crippen LogP contribution in [0.5, 0.6) is 0 Å². The first kappa shape index (κ1) is 42.7. The molecule has 60 heavy (non-hydrogen) atoms. The molecule has 0 spiro atoms. The van der Waals surface area contributed by atoms with E-state index in [1.165, 1.54) is 19.0 Å². The van der Waals surface area contributed by atoms with Gasteiger partial charge >= 0.3 is 0 Å². The van der Waals surface area contributed by atoms with Crippen molar-refractivity contribution >= 4 is 41.2 Å². The van der Waals surface area contributed by atoms with Crippen molar-refractivity contribution in [2.45, 2.75) is 75.9 Å². The van der Waals surface area contributed by atoms with Crippen molar-refractivity contribution in [1.82, 2.24) is 40.6 Å². The summed E-state index contributed by atoms with van der Waals surface area (Å²) in [5.41, 5.74) is 2.87. The molecule has 322 valence electrons. The van der Waals surface area contributed by atoms with Crippen molar-refractivity contribution in [2.24, 2.45) is 13.0 Å². The lowest BCUT2D eigenvalue weighted by molar-refractivity contribution is -0.136. The summed E-state index contributed by atoms with van der Waals surface area (Å²) in [5, 5.41) is 19.3. The van der Waals surface area contributed by atoms with Gasteiger partial charge in [0.25, 0.3) is 11.8 Å². The van der Waals surface area contributed by atoms with Crippen molar-refractivity contribution in [3.8, 4) is 11.3 Å². The summed E-state index contributed by atoms with van der Waals surface area (Å²) in [6.07, 6.45) is 9.82. The number of imide groups is 2. The summed E-state index contributed by atoms with van der Waals surface area (Å²) in [5.74, 6) is -1.72. The third kappa shape index (κ3) is 10.9. The fourth-order valence-corrected chi connectivity index (χ4v) is 7.77. The van der Waals surface area contributed by atoms with Crippen LogP contribution in [0.4, 0.5) is 16.0 Å². The van der Waals surface area contributed by atoms with Crippen LogP contribution in [0.1, 0.15) is 77.8 Å². The Morgan fingerprint density at radius 3 is 2.32 bits per heavy atom. The minimum Gasteiger partial charge on any atom is -0.382 e. The molecule has 1 atom stereocenters. The molecule has 19 heteroatoms. The van der Waals surface area contributed by atoms with Crippen LogP contribution >= 0.6 is 0 Å². The topological polar surface area (TPSA) is 220 Å². The lowest BCUT2D eigenvalue weighted by atomic mass is 9.91. The second-order valence-electron chi connectivity index (χ2n) is 15.5. The van der Waals surface area contributed by atoms with Gasteiger partial charge in [-0.3, -0.25) is 38.9 Å². The van der Waals surface area contributed by atoms with Gasteiger partial charge in [-0.15, -0.1) is 0 Å². The Morgan fingerprint density at radius 1 is 0.867 bits per heavy atom. The smallest absolute Gasteiger partial charge is 0.264 e. The zero-order valence-corrected chi connectivity index (χ0v) is 33.8. The van der Waals surface area contributed by atoms with Gasteiger partial charge in [0.05, 0.1) is 69.7 Å². The molecule has 5 amide bonds. The zero-order valence-electron chi connectivity index (χ0n) is 33.8. The molecule has 2 aromatic heterocycles. The highest BCUT2D eigenvalue weighted by Gasteiger charge is 2.45. The highest BCUT2D eigenvalue weighted by molar-refractivity contribution is 6.25. The SMILES string of the molecule is Cn1ncc(-c2nc(N[C@H]3CC[C@H](NCC(=O)NCCOCCOCCOCCNc4cccc5c4C(=O)N(C4CCC(=O)NC4=O)C5=O)CC3)ncc2F)c1CC1CC1. The van der Waals surface area contributed by atoms with E-state index in [0.717, 1.165) is 48.3 Å². The Balaban J connectivity index is 0.688. The lowest BCUT2D eigenvalue weighted by Gasteiger charge is -2.29. The molecule has 7 rings (SSSR count). The van der Waals surface area contributed by atoms with Crippen molar-refractivity contribution in [1.29, 1.82) is 0 Å². The van der Waals surface area contributed by atoms with Crippen molar-refractivity contribution in [3.63, 3.8) is 0 Å². The Labute approximate surface area is 347 Å². The maximum atomic E-state index is 14.8. The number of hydrogen-bond acceptors (Lipinski definition) is 14. The number of aryl methyl sites for hydroxylation is 1. The Bertz CT molecular complexity index is 2040. The summed E-state index contributed by atoms with van der Waals surface area (Å²) in [4.78, 5) is 72.2. The minimum absolute atomic E-state index is 0.0563. The molecule has 3 fully saturated rings. The number of anilines is 2. The van der Waals surface area contributed by atoms with Crippen LogP contribution in [0.3, 0.4) is 0 Å². The van der Waals surface area contributed by atoms with E-state index < -0.39 is 35.5 Å². The molecule has 18 nitrogen and oxygen atoms in total. The van der Waals surface area contributed by atoms with Gasteiger partial charge in [0.15, 0.2) is 5.82 Å². The molecule has 4 aliphatic rings. The lowest BCUT2D eigenvalue weighted by Crippen LogP contribution is -2.54. The predicted molar refractivity (Wildman–Crippen MR) is 215 cm³/mol. The highest BCUT2D eigenvalue weighted by atomic mass is 19.1. The van der Waals surface area contributed by atoms with Gasteiger partial charge in [-0.05, 0) is 69.4 Å². The van der Waals surface area contributed by atoms with Crippen LogP contribution in [0.25, 0.3) is 11.3 Å². The van der Waals surface area contributed by atoms with E-state index in [-0.39, 0.29) is 54.2 Å². The van der Waals surface area contributed by atoms with Crippen LogP contribution < -0.4 is 26.6 Å². The Hall–Kier alpha value is -5.37. The van der Waals surface area contributed by atoms with E-state index in [9.17, 15) is 28.4 Å². The third-order valence-corrected chi connectivity index (χ3v) is 11.2. The summed E-state index contributed by atoms with van der Waals surface area (Å²) in [6.45, 7) is 3.06. The molecule has 1 unspecified atom stereocenters. The maximum absolute atomic E-state index is 14.8. The summed E-state index contributed by atoms with van der Waals surface area (Å²) >= 11 is 0. The molecule has 2 aliphatic heterocycles.